The van der Waals surface area contributed by atoms with E-state index in [1.54, 1.807) is 0 Å². The van der Waals surface area contributed by atoms with Crippen LogP contribution in [0.3, 0.4) is 0 Å². The van der Waals surface area contributed by atoms with E-state index in [1.165, 1.54) is 32.2 Å². The Morgan fingerprint density at radius 3 is 2.50 bits per heavy atom. The molecule has 0 aliphatic carbocycles. The Labute approximate surface area is 103 Å². The number of carbonyl (C=O) groups excluding carboxylic acids is 1. The van der Waals surface area contributed by atoms with Crippen molar-refractivity contribution in [1.29, 1.82) is 0 Å². The summed E-state index contributed by atoms with van der Waals surface area (Å²) in [5.41, 5.74) is -0.673. The highest BCUT2D eigenvalue weighted by atomic mass is 19.4. The molecule has 5 heteroatoms. The first kappa shape index (κ1) is 14.1. The van der Waals surface area contributed by atoms with Gasteiger partial charge in [-0.25, -0.2) is 0 Å². The molecule has 96 valence electrons. The highest BCUT2D eigenvalue weighted by molar-refractivity contribution is 5.93. The lowest BCUT2D eigenvalue weighted by atomic mass is 10.1. The molecule has 0 unspecified atom stereocenters. The largest absolute Gasteiger partial charge is 0.416 e. The van der Waals surface area contributed by atoms with Crippen LogP contribution in [0.25, 0.3) is 0 Å². The van der Waals surface area contributed by atoms with E-state index in [-0.39, 0.29) is 12.1 Å². The summed E-state index contributed by atoms with van der Waals surface area (Å²) < 4.78 is 38.1. The minimum Gasteiger partial charge on any atom is -0.331 e. The number of hydrogen-bond acceptors (Lipinski definition) is 1. The fraction of sp³-hybridized carbons (Fsp3) is 0.308. The van der Waals surface area contributed by atoms with Gasteiger partial charge in [0.05, 0.1) is 5.56 Å². The van der Waals surface area contributed by atoms with E-state index in [2.05, 4.69) is 11.8 Å². The maximum absolute atomic E-state index is 12.7. The lowest BCUT2D eigenvalue weighted by Crippen LogP contribution is -2.26. The topological polar surface area (TPSA) is 20.3 Å². The van der Waals surface area contributed by atoms with E-state index < -0.39 is 17.6 Å². The third-order valence-electron chi connectivity index (χ3n) is 2.31. The average molecular weight is 255 g/mol. The number of amides is 1. The molecular formula is C13H12F3NO. The molecule has 18 heavy (non-hydrogen) atoms. The zero-order valence-corrected chi connectivity index (χ0v) is 10.0. The standard InChI is InChI=1S/C13H12F3NO/c1-3-6-12(18)17(2)9-10-7-4-5-8-11(10)13(14,15)16/h4-5,7-8H,9H2,1-2H3. The zero-order chi connectivity index (χ0) is 13.8. The van der Waals surface area contributed by atoms with Gasteiger partial charge in [0.15, 0.2) is 0 Å². The minimum absolute atomic E-state index is 0.0544. The molecular weight excluding hydrogens is 243 g/mol. The highest BCUT2D eigenvalue weighted by Gasteiger charge is 2.33. The first-order valence-corrected chi connectivity index (χ1v) is 5.19. The summed E-state index contributed by atoms with van der Waals surface area (Å²) in [7, 11) is 1.42. The number of halogens is 3. The zero-order valence-electron chi connectivity index (χ0n) is 10.0. The predicted octanol–water partition coefficient (Wildman–Crippen LogP) is 2.69. The van der Waals surface area contributed by atoms with Crippen molar-refractivity contribution in [3.63, 3.8) is 0 Å². The van der Waals surface area contributed by atoms with Crippen LogP contribution in [0.4, 0.5) is 13.2 Å². The summed E-state index contributed by atoms with van der Waals surface area (Å²) in [5.74, 6) is 4.19. The van der Waals surface area contributed by atoms with Crippen LogP contribution in [0.5, 0.6) is 0 Å². The van der Waals surface area contributed by atoms with Crippen LogP contribution in [0.15, 0.2) is 24.3 Å². The first-order chi connectivity index (χ1) is 8.36. The van der Waals surface area contributed by atoms with Gasteiger partial charge in [-0.15, -0.1) is 0 Å². The molecule has 1 amide bonds. The third-order valence-corrected chi connectivity index (χ3v) is 2.31. The number of rotatable bonds is 2. The van der Waals surface area contributed by atoms with Crippen molar-refractivity contribution in [1.82, 2.24) is 4.90 Å². The molecule has 0 radical (unpaired) electrons. The van der Waals surface area contributed by atoms with Gasteiger partial charge < -0.3 is 4.90 Å². The van der Waals surface area contributed by atoms with Crippen LogP contribution in [0.1, 0.15) is 18.1 Å². The number of alkyl halides is 3. The van der Waals surface area contributed by atoms with E-state index in [0.29, 0.717) is 0 Å². The van der Waals surface area contributed by atoms with Crippen molar-refractivity contribution in [2.45, 2.75) is 19.6 Å². The number of hydrogen-bond donors (Lipinski definition) is 0. The minimum atomic E-state index is -4.42. The van der Waals surface area contributed by atoms with Crippen molar-refractivity contribution < 1.29 is 18.0 Å². The van der Waals surface area contributed by atoms with Gasteiger partial charge >= 0.3 is 6.18 Å². The lowest BCUT2D eigenvalue weighted by Gasteiger charge is -2.18. The summed E-state index contributed by atoms with van der Waals surface area (Å²) in [4.78, 5) is 12.5. The molecule has 0 aliphatic heterocycles. The Kier molecular flexibility index (Phi) is 4.38. The summed E-state index contributed by atoms with van der Waals surface area (Å²) in [5, 5.41) is 0. The van der Waals surface area contributed by atoms with Crippen molar-refractivity contribution in [2.24, 2.45) is 0 Å². The van der Waals surface area contributed by atoms with Crippen LogP contribution in [-0.4, -0.2) is 17.9 Å². The monoisotopic (exact) mass is 255 g/mol. The van der Waals surface area contributed by atoms with Crippen molar-refractivity contribution in [3.05, 3.63) is 35.4 Å². The maximum atomic E-state index is 12.7. The van der Waals surface area contributed by atoms with Gasteiger partial charge in [-0.1, -0.05) is 24.1 Å². The van der Waals surface area contributed by atoms with Crippen LogP contribution in [0, 0.1) is 11.8 Å². The van der Waals surface area contributed by atoms with E-state index in [1.807, 2.05) is 0 Å². The van der Waals surface area contributed by atoms with Crippen molar-refractivity contribution in [3.8, 4) is 11.8 Å². The fourth-order valence-corrected chi connectivity index (χ4v) is 1.46. The smallest absolute Gasteiger partial charge is 0.331 e. The van der Waals surface area contributed by atoms with E-state index in [9.17, 15) is 18.0 Å². The molecule has 0 atom stereocenters. The van der Waals surface area contributed by atoms with Crippen molar-refractivity contribution in [2.75, 3.05) is 7.05 Å². The SMILES string of the molecule is CC#CC(=O)N(C)Cc1ccccc1C(F)(F)F. The molecule has 0 fully saturated rings. The molecule has 0 N–H and O–H groups in total. The fourth-order valence-electron chi connectivity index (χ4n) is 1.46. The molecule has 1 rings (SSSR count). The molecule has 1 aromatic rings. The Morgan fingerprint density at radius 2 is 1.94 bits per heavy atom. The maximum Gasteiger partial charge on any atom is 0.416 e. The molecule has 0 bridgehead atoms. The molecule has 0 spiro atoms. The highest BCUT2D eigenvalue weighted by Crippen LogP contribution is 2.32. The second-order valence-electron chi connectivity index (χ2n) is 3.69. The van der Waals surface area contributed by atoms with E-state index in [0.717, 1.165) is 11.0 Å². The predicted molar refractivity (Wildman–Crippen MR) is 61.4 cm³/mol. The Bertz CT molecular complexity index is 497. The number of benzene rings is 1. The van der Waals surface area contributed by atoms with Gasteiger partial charge in [0.1, 0.15) is 0 Å². The Morgan fingerprint density at radius 1 is 1.33 bits per heavy atom. The second kappa shape index (κ2) is 5.58. The van der Waals surface area contributed by atoms with Gasteiger partial charge in [-0.05, 0) is 24.5 Å². The summed E-state index contributed by atoms with van der Waals surface area (Å²) in [6, 6.07) is 5.18. The number of nitrogens with zero attached hydrogens (tertiary/aromatic N) is 1. The van der Waals surface area contributed by atoms with Gasteiger partial charge in [-0.2, -0.15) is 13.2 Å². The van der Waals surface area contributed by atoms with Gasteiger partial charge in [0.2, 0.25) is 0 Å². The lowest BCUT2D eigenvalue weighted by molar-refractivity contribution is -0.139. The summed E-state index contributed by atoms with van der Waals surface area (Å²) in [6.45, 7) is 1.37. The van der Waals surface area contributed by atoms with E-state index in [4.69, 9.17) is 0 Å². The first-order valence-electron chi connectivity index (χ1n) is 5.19. The van der Waals surface area contributed by atoms with Gasteiger partial charge in [-0.3, -0.25) is 4.79 Å². The number of carbonyl (C=O) groups is 1. The Hall–Kier alpha value is -1.96. The van der Waals surface area contributed by atoms with Crippen LogP contribution in [0.2, 0.25) is 0 Å². The van der Waals surface area contributed by atoms with Crippen LogP contribution < -0.4 is 0 Å². The van der Waals surface area contributed by atoms with Gasteiger partial charge in [0, 0.05) is 13.6 Å². The molecule has 2 nitrogen and oxygen atoms in total. The van der Waals surface area contributed by atoms with Gasteiger partial charge in [0.25, 0.3) is 5.91 Å². The Balaban J connectivity index is 2.97. The van der Waals surface area contributed by atoms with Crippen LogP contribution in [-0.2, 0) is 17.5 Å². The molecule has 0 aliphatic rings. The normalized spacial score (nSPS) is 10.5. The summed E-state index contributed by atoms with van der Waals surface area (Å²) in [6.07, 6.45) is -4.42. The summed E-state index contributed by atoms with van der Waals surface area (Å²) >= 11 is 0. The third kappa shape index (κ3) is 3.52. The second-order valence-corrected chi connectivity index (χ2v) is 3.69. The van der Waals surface area contributed by atoms with Crippen molar-refractivity contribution >= 4 is 5.91 Å². The molecule has 0 saturated heterocycles. The van der Waals surface area contributed by atoms with E-state index >= 15 is 0 Å². The molecule has 0 saturated carbocycles. The molecule has 0 heterocycles. The quantitative estimate of drug-likeness (QED) is 0.744. The average Bonchev–Trinajstić information content (AvgIpc) is 2.28. The molecule has 0 aromatic heterocycles. The molecule has 1 aromatic carbocycles. The van der Waals surface area contributed by atoms with Crippen LogP contribution >= 0.6 is 0 Å².